The Hall–Kier alpha value is -2.63. The maximum Gasteiger partial charge on any atom is 0.270 e. The van der Waals surface area contributed by atoms with Crippen LogP contribution < -0.4 is 15.4 Å². The van der Waals surface area contributed by atoms with Crippen LogP contribution in [0.25, 0.3) is 0 Å². The van der Waals surface area contributed by atoms with Gasteiger partial charge in [0.1, 0.15) is 23.6 Å². The van der Waals surface area contributed by atoms with Crippen molar-refractivity contribution in [2.24, 2.45) is 0 Å². The van der Waals surface area contributed by atoms with Gasteiger partial charge in [-0.2, -0.15) is 0 Å². The molecule has 0 aliphatic rings. The van der Waals surface area contributed by atoms with Gasteiger partial charge in [0.25, 0.3) is 5.91 Å². The molecule has 0 aliphatic carbocycles. The Labute approximate surface area is 136 Å². The molecule has 1 aromatic carbocycles. The molecule has 6 heteroatoms. The summed E-state index contributed by atoms with van der Waals surface area (Å²) in [5.41, 5.74) is 1.46. The standard InChI is InChI=1S/C17H22N4O2/c1-3-4-9-18-17(22)15-10-16(21-12-20-15)19-11-13-5-7-14(23-2)8-6-13/h5-8,10,12H,3-4,9,11H2,1-2H3,(H,18,22)(H,19,20,21). The van der Waals surface area contributed by atoms with Crippen molar-refractivity contribution in [2.75, 3.05) is 19.0 Å². The quantitative estimate of drug-likeness (QED) is 0.733. The van der Waals surface area contributed by atoms with Crippen molar-refractivity contribution >= 4 is 11.7 Å². The first-order valence-electron chi connectivity index (χ1n) is 7.70. The first-order valence-corrected chi connectivity index (χ1v) is 7.70. The van der Waals surface area contributed by atoms with Crippen LogP contribution >= 0.6 is 0 Å². The summed E-state index contributed by atoms with van der Waals surface area (Å²) in [6.45, 7) is 3.35. The molecule has 0 saturated carbocycles. The highest BCUT2D eigenvalue weighted by atomic mass is 16.5. The monoisotopic (exact) mass is 314 g/mol. The number of anilines is 1. The molecule has 1 aromatic heterocycles. The molecule has 1 heterocycles. The van der Waals surface area contributed by atoms with E-state index in [0.29, 0.717) is 24.6 Å². The molecule has 2 N–H and O–H groups in total. The molecule has 0 radical (unpaired) electrons. The molecule has 0 fully saturated rings. The number of carbonyl (C=O) groups excluding carboxylic acids is 1. The Kier molecular flexibility index (Phi) is 6.35. The minimum atomic E-state index is -0.173. The summed E-state index contributed by atoms with van der Waals surface area (Å²) in [5.74, 6) is 1.27. The number of nitrogens with zero attached hydrogens (tertiary/aromatic N) is 2. The molecule has 0 unspecified atom stereocenters. The lowest BCUT2D eigenvalue weighted by Gasteiger charge is -2.08. The van der Waals surface area contributed by atoms with E-state index >= 15 is 0 Å². The number of carbonyl (C=O) groups is 1. The van der Waals surface area contributed by atoms with E-state index in [1.54, 1.807) is 13.2 Å². The Balaban J connectivity index is 1.92. The van der Waals surface area contributed by atoms with Crippen LogP contribution in [-0.2, 0) is 6.54 Å². The molecule has 0 saturated heterocycles. The smallest absolute Gasteiger partial charge is 0.270 e. The molecule has 0 bridgehead atoms. The minimum Gasteiger partial charge on any atom is -0.497 e. The van der Waals surface area contributed by atoms with Gasteiger partial charge in [0, 0.05) is 19.2 Å². The van der Waals surface area contributed by atoms with Crippen molar-refractivity contribution in [1.29, 1.82) is 0 Å². The lowest BCUT2D eigenvalue weighted by molar-refractivity contribution is 0.0948. The van der Waals surface area contributed by atoms with Gasteiger partial charge in [-0.05, 0) is 24.1 Å². The van der Waals surface area contributed by atoms with Crippen molar-refractivity contribution < 1.29 is 9.53 Å². The van der Waals surface area contributed by atoms with Crippen LogP contribution in [-0.4, -0.2) is 29.5 Å². The van der Waals surface area contributed by atoms with E-state index in [9.17, 15) is 4.79 Å². The van der Waals surface area contributed by atoms with Crippen molar-refractivity contribution in [2.45, 2.75) is 26.3 Å². The SMILES string of the molecule is CCCCNC(=O)c1cc(NCc2ccc(OC)cc2)ncn1. The average Bonchev–Trinajstić information content (AvgIpc) is 2.61. The second-order valence-electron chi connectivity index (χ2n) is 5.10. The van der Waals surface area contributed by atoms with Crippen LogP contribution in [0.3, 0.4) is 0 Å². The molecule has 0 spiro atoms. The van der Waals surface area contributed by atoms with Gasteiger partial charge in [-0.15, -0.1) is 0 Å². The van der Waals surface area contributed by atoms with Gasteiger partial charge in [0.05, 0.1) is 7.11 Å². The molecular formula is C17H22N4O2. The number of methoxy groups -OCH3 is 1. The number of nitrogens with one attached hydrogen (secondary N) is 2. The summed E-state index contributed by atoms with van der Waals surface area (Å²) in [5, 5.41) is 6.03. The van der Waals surface area contributed by atoms with Crippen LogP contribution in [0.2, 0.25) is 0 Å². The molecular weight excluding hydrogens is 292 g/mol. The van der Waals surface area contributed by atoms with E-state index in [4.69, 9.17) is 4.74 Å². The van der Waals surface area contributed by atoms with Gasteiger partial charge in [0.2, 0.25) is 0 Å². The number of amides is 1. The van der Waals surface area contributed by atoms with Crippen molar-refractivity contribution in [3.63, 3.8) is 0 Å². The third-order valence-corrected chi connectivity index (χ3v) is 3.35. The van der Waals surface area contributed by atoms with Gasteiger partial charge in [-0.1, -0.05) is 25.5 Å². The number of benzene rings is 1. The normalized spacial score (nSPS) is 10.2. The molecule has 0 aliphatic heterocycles. The Morgan fingerprint density at radius 2 is 2.00 bits per heavy atom. The zero-order chi connectivity index (χ0) is 16.5. The van der Waals surface area contributed by atoms with Gasteiger partial charge in [0.15, 0.2) is 0 Å². The van der Waals surface area contributed by atoms with Gasteiger partial charge >= 0.3 is 0 Å². The molecule has 1 amide bonds. The highest BCUT2D eigenvalue weighted by Gasteiger charge is 2.07. The van der Waals surface area contributed by atoms with E-state index in [0.717, 1.165) is 24.2 Å². The topological polar surface area (TPSA) is 76.1 Å². The highest BCUT2D eigenvalue weighted by Crippen LogP contribution is 2.13. The average molecular weight is 314 g/mol. The summed E-state index contributed by atoms with van der Waals surface area (Å²) in [4.78, 5) is 20.1. The first-order chi connectivity index (χ1) is 11.2. The number of hydrogen-bond acceptors (Lipinski definition) is 5. The van der Waals surface area contributed by atoms with Gasteiger partial charge in [-0.3, -0.25) is 4.79 Å². The number of unbranched alkanes of at least 4 members (excludes halogenated alkanes) is 1. The van der Waals surface area contributed by atoms with Crippen molar-refractivity contribution in [1.82, 2.24) is 15.3 Å². The lowest BCUT2D eigenvalue weighted by Crippen LogP contribution is -2.25. The summed E-state index contributed by atoms with van der Waals surface area (Å²) in [6.07, 6.45) is 3.39. The van der Waals surface area contributed by atoms with Gasteiger partial charge < -0.3 is 15.4 Å². The summed E-state index contributed by atoms with van der Waals surface area (Å²) < 4.78 is 5.13. The molecule has 2 rings (SSSR count). The molecule has 23 heavy (non-hydrogen) atoms. The molecule has 122 valence electrons. The molecule has 6 nitrogen and oxygen atoms in total. The van der Waals surface area contributed by atoms with E-state index in [2.05, 4.69) is 27.5 Å². The van der Waals surface area contributed by atoms with Crippen LogP contribution in [0, 0.1) is 0 Å². The summed E-state index contributed by atoms with van der Waals surface area (Å²) >= 11 is 0. The third-order valence-electron chi connectivity index (χ3n) is 3.35. The van der Waals surface area contributed by atoms with Crippen LogP contribution in [0.15, 0.2) is 36.7 Å². The molecule has 0 atom stereocenters. The lowest BCUT2D eigenvalue weighted by atomic mass is 10.2. The zero-order valence-corrected chi connectivity index (χ0v) is 13.5. The fourth-order valence-electron chi connectivity index (χ4n) is 1.98. The Bertz CT molecular complexity index is 629. The van der Waals surface area contributed by atoms with Crippen molar-refractivity contribution in [3.05, 3.63) is 47.9 Å². The summed E-state index contributed by atoms with van der Waals surface area (Å²) in [7, 11) is 1.64. The maximum absolute atomic E-state index is 12.0. The zero-order valence-electron chi connectivity index (χ0n) is 13.5. The van der Waals surface area contributed by atoms with Crippen LogP contribution in [0.5, 0.6) is 5.75 Å². The first kappa shape index (κ1) is 16.7. The largest absolute Gasteiger partial charge is 0.497 e. The number of hydrogen-bond donors (Lipinski definition) is 2. The number of ether oxygens (including phenoxy) is 1. The van der Waals surface area contributed by atoms with Crippen molar-refractivity contribution in [3.8, 4) is 5.75 Å². The number of aromatic nitrogens is 2. The number of rotatable bonds is 8. The fourth-order valence-corrected chi connectivity index (χ4v) is 1.98. The predicted octanol–water partition coefficient (Wildman–Crippen LogP) is 2.63. The van der Waals surface area contributed by atoms with E-state index in [1.165, 1.54) is 6.33 Å². The Morgan fingerprint density at radius 3 is 2.70 bits per heavy atom. The van der Waals surface area contributed by atoms with Crippen LogP contribution in [0.1, 0.15) is 35.8 Å². The van der Waals surface area contributed by atoms with Gasteiger partial charge in [-0.25, -0.2) is 9.97 Å². The predicted molar refractivity (Wildman–Crippen MR) is 89.6 cm³/mol. The third kappa shape index (κ3) is 5.25. The fraction of sp³-hybridized carbons (Fsp3) is 0.353. The van der Waals surface area contributed by atoms with Crippen LogP contribution in [0.4, 0.5) is 5.82 Å². The minimum absolute atomic E-state index is 0.173. The van der Waals surface area contributed by atoms with E-state index in [1.807, 2.05) is 24.3 Å². The van der Waals surface area contributed by atoms with E-state index < -0.39 is 0 Å². The highest BCUT2D eigenvalue weighted by molar-refractivity contribution is 5.92. The maximum atomic E-state index is 12.0. The molecule has 2 aromatic rings. The second kappa shape index (κ2) is 8.73. The van der Waals surface area contributed by atoms with E-state index in [-0.39, 0.29) is 5.91 Å². The Morgan fingerprint density at radius 1 is 1.22 bits per heavy atom. The summed E-state index contributed by atoms with van der Waals surface area (Å²) in [6, 6.07) is 9.43. The second-order valence-corrected chi connectivity index (χ2v) is 5.10.